The van der Waals surface area contributed by atoms with Crippen LogP contribution >= 0.6 is 0 Å². The number of nitrogens with zero attached hydrogens (tertiary/aromatic N) is 5. The third kappa shape index (κ3) is 3.07. The van der Waals surface area contributed by atoms with Crippen LogP contribution in [0.25, 0.3) is 5.78 Å². The number of carbonyl (C=O) groups is 1. The van der Waals surface area contributed by atoms with Gasteiger partial charge in [0.15, 0.2) is 0 Å². The van der Waals surface area contributed by atoms with E-state index in [2.05, 4.69) is 25.6 Å². The van der Waals surface area contributed by atoms with Crippen LogP contribution in [0.4, 0.5) is 0 Å². The zero-order chi connectivity index (χ0) is 17.3. The maximum absolute atomic E-state index is 12.2. The molecule has 2 aromatic heterocycles. The number of aryl methyl sites for hydroxylation is 2. The molecule has 0 saturated heterocycles. The van der Waals surface area contributed by atoms with Crippen molar-refractivity contribution in [1.29, 1.82) is 0 Å². The fourth-order valence-electron chi connectivity index (χ4n) is 2.21. The van der Waals surface area contributed by atoms with Crippen molar-refractivity contribution in [2.45, 2.75) is 20.8 Å². The molecule has 0 saturated carbocycles. The second kappa shape index (κ2) is 6.07. The van der Waals surface area contributed by atoms with Gasteiger partial charge in [-0.2, -0.15) is 10.1 Å². The molecule has 0 aliphatic carbocycles. The molecule has 3 aromatic rings. The summed E-state index contributed by atoms with van der Waals surface area (Å²) in [5.74, 6) is 0.0219. The Hall–Kier alpha value is -3.29. The summed E-state index contributed by atoms with van der Waals surface area (Å²) < 4.78 is 1.51. The predicted octanol–water partition coefficient (Wildman–Crippen LogP) is 1.60. The smallest absolute Gasteiger partial charge is 0.311 e. The molecule has 1 aromatic carbocycles. The molecule has 0 radical (unpaired) electrons. The summed E-state index contributed by atoms with van der Waals surface area (Å²) in [5, 5.41) is 17.5. The van der Waals surface area contributed by atoms with Crippen molar-refractivity contribution in [1.82, 2.24) is 25.0 Å². The second-order valence-electron chi connectivity index (χ2n) is 5.37. The summed E-state index contributed by atoms with van der Waals surface area (Å²) in [7, 11) is 0. The Balaban J connectivity index is 1.81. The highest BCUT2D eigenvalue weighted by atomic mass is 16.3. The first kappa shape index (κ1) is 15.6. The first-order valence-corrected chi connectivity index (χ1v) is 7.29. The van der Waals surface area contributed by atoms with E-state index in [-0.39, 0.29) is 11.6 Å². The van der Waals surface area contributed by atoms with Crippen molar-refractivity contribution in [2.24, 2.45) is 5.10 Å². The maximum Gasteiger partial charge on any atom is 0.311 e. The number of amides is 1. The van der Waals surface area contributed by atoms with Crippen LogP contribution in [0.3, 0.4) is 0 Å². The minimum absolute atomic E-state index is 0.00143. The summed E-state index contributed by atoms with van der Waals surface area (Å²) in [4.78, 5) is 20.5. The van der Waals surface area contributed by atoms with Gasteiger partial charge in [0.25, 0.3) is 5.78 Å². The Labute approximate surface area is 137 Å². The zero-order valence-electron chi connectivity index (χ0n) is 13.5. The van der Waals surface area contributed by atoms with E-state index in [4.69, 9.17) is 0 Å². The Morgan fingerprint density at radius 3 is 2.62 bits per heavy atom. The fraction of sp³-hybridized carbons (Fsp3) is 0.188. The molecule has 0 unspecified atom stereocenters. The van der Waals surface area contributed by atoms with Gasteiger partial charge in [-0.05, 0) is 56.7 Å². The van der Waals surface area contributed by atoms with Crippen LogP contribution in [-0.4, -0.2) is 36.3 Å². The van der Waals surface area contributed by atoms with Crippen LogP contribution in [0.5, 0.6) is 5.75 Å². The largest absolute Gasteiger partial charge is 0.508 e. The van der Waals surface area contributed by atoms with Gasteiger partial charge >= 0.3 is 5.91 Å². The quantitative estimate of drug-likeness (QED) is 0.562. The fourth-order valence-corrected chi connectivity index (χ4v) is 2.21. The number of nitrogens with one attached hydrogen (secondary N) is 1. The number of phenols is 1. The normalized spacial score (nSPS) is 11.7. The average Bonchev–Trinajstić information content (AvgIpc) is 2.97. The third-order valence-corrected chi connectivity index (χ3v) is 3.43. The minimum atomic E-state index is -0.518. The SMILES string of the molecule is C/C(=N\NC(=O)c1nc2nc(C)cc(C)n2n1)c1ccc(O)cc1. The van der Waals surface area contributed by atoms with Crippen LogP contribution in [0.2, 0.25) is 0 Å². The van der Waals surface area contributed by atoms with E-state index in [0.29, 0.717) is 11.5 Å². The lowest BCUT2D eigenvalue weighted by Crippen LogP contribution is -2.20. The molecule has 0 fully saturated rings. The number of hydrogen-bond donors (Lipinski definition) is 2. The highest BCUT2D eigenvalue weighted by Crippen LogP contribution is 2.10. The van der Waals surface area contributed by atoms with Crippen LogP contribution < -0.4 is 5.43 Å². The molecule has 8 heteroatoms. The number of carbonyl (C=O) groups excluding carboxylic acids is 1. The van der Waals surface area contributed by atoms with E-state index in [1.807, 2.05) is 19.9 Å². The molecule has 0 aliphatic rings. The molecule has 2 heterocycles. The number of hydrogen-bond acceptors (Lipinski definition) is 6. The Morgan fingerprint density at radius 2 is 1.92 bits per heavy atom. The first-order chi connectivity index (χ1) is 11.4. The highest BCUT2D eigenvalue weighted by molar-refractivity contribution is 6.00. The van der Waals surface area contributed by atoms with Crippen LogP contribution in [-0.2, 0) is 0 Å². The van der Waals surface area contributed by atoms with Gasteiger partial charge in [-0.25, -0.2) is 14.9 Å². The molecule has 0 atom stereocenters. The number of benzene rings is 1. The standard InChI is InChI=1S/C16H16N6O2/c1-9-8-10(2)22-16(17-9)18-14(21-22)15(24)20-19-11(3)12-4-6-13(23)7-5-12/h4-8,23H,1-3H3,(H,20,24)/b19-11+. The van der Waals surface area contributed by atoms with Crippen molar-refractivity contribution in [3.05, 3.63) is 53.1 Å². The van der Waals surface area contributed by atoms with Crippen molar-refractivity contribution in [3.63, 3.8) is 0 Å². The van der Waals surface area contributed by atoms with E-state index in [1.54, 1.807) is 31.2 Å². The molecule has 24 heavy (non-hydrogen) atoms. The summed E-state index contributed by atoms with van der Waals surface area (Å²) >= 11 is 0. The van der Waals surface area contributed by atoms with E-state index in [1.165, 1.54) is 4.52 Å². The molecule has 2 N–H and O–H groups in total. The van der Waals surface area contributed by atoms with Gasteiger partial charge in [0.2, 0.25) is 5.82 Å². The number of phenolic OH excluding ortho intramolecular Hbond substituents is 1. The van der Waals surface area contributed by atoms with Crippen LogP contribution in [0.1, 0.15) is 34.5 Å². The van der Waals surface area contributed by atoms with E-state index in [0.717, 1.165) is 17.0 Å². The minimum Gasteiger partial charge on any atom is -0.508 e. The number of hydrazone groups is 1. The Bertz CT molecular complexity index is 943. The van der Waals surface area contributed by atoms with Crippen molar-refractivity contribution in [3.8, 4) is 5.75 Å². The molecule has 0 spiro atoms. The summed E-state index contributed by atoms with van der Waals surface area (Å²) in [6.07, 6.45) is 0. The van der Waals surface area contributed by atoms with Crippen molar-refractivity contribution in [2.75, 3.05) is 0 Å². The topological polar surface area (TPSA) is 105 Å². The second-order valence-corrected chi connectivity index (χ2v) is 5.37. The maximum atomic E-state index is 12.2. The van der Waals surface area contributed by atoms with Crippen molar-refractivity contribution >= 4 is 17.4 Å². The van der Waals surface area contributed by atoms with Gasteiger partial charge < -0.3 is 5.11 Å². The van der Waals surface area contributed by atoms with Gasteiger partial charge in [-0.1, -0.05) is 0 Å². The molecule has 122 valence electrons. The molecule has 8 nitrogen and oxygen atoms in total. The summed E-state index contributed by atoms with van der Waals surface area (Å²) in [6, 6.07) is 8.38. The van der Waals surface area contributed by atoms with E-state index in [9.17, 15) is 9.90 Å². The Kier molecular flexibility index (Phi) is 3.95. The lowest BCUT2D eigenvalue weighted by molar-refractivity contribution is 0.0944. The zero-order valence-corrected chi connectivity index (χ0v) is 13.5. The third-order valence-electron chi connectivity index (χ3n) is 3.43. The molecule has 3 rings (SSSR count). The highest BCUT2D eigenvalue weighted by Gasteiger charge is 2.14. The predicted molar refractivity (Wildman–Crippen MR) is 88.0 cm³/mol. The van der Waals surface area contributed by atoms with E-state index >= 15 is 0 Å². The molecular weight excluding hydrogens is 308 g/mol. The molecule has 1 amide bonds. The van der Waals surface area contributed by atoms with Gasteiger partial charge in [-0.3, -0.25) is 4.79 Å². The van der Waals surface area contributed by atoms with Crippen LogP contribution in [0, 0.1) is 13.8 Å². The van der Waals surface area contributed by atoms with Crippen LogP contribution in [0.15, 0.2) is 35.4 Å². The number of aromatic nitrogens is 4. The summed E-state index contributed by atoms with van der Waals surface area (Å²) in [5.41, 5.74) is 5.45. The average molecular weight is 324 g/mol. The molecular formula is C16H16N6O2. The number of aromatic hydroxyl groups is 1. The molecule has 0 aliphatic heterocycles. The van der Waals surface area contributed by atoms with Crippen molar-refractivity contribution < 1.29 is 9.90 Å². The number of rotatable bonds is 3. The van der Waals surface area contributed by atoms with Gasteiger partial charge in [0, 0.05) is 11.4 Å². The first-order valence-electron chi connectivity index (χ1n) is 7.29. The van der Waals surface area contributed by atoms with Gasteiger partial charge in [0.05, 0.1) is 5.71 Å². The van der Waals surface area contributed by atoms with E-state index < -0.39 is 5.91 Å². The molecule has 0 bridgehead atoms. The van der Waals surface area contributed by atoms with Gasteiger partial charge in [-0.15, -0.1) is 5.10 Å². The lowest BCUT2D eigenvalue weighted by atomic mass is 10.1. The lowest BCUT2D eigenvalue weighted by Gasteiger charge is -2.01. The summed E-state index contributed by atoms with van der Waals surface area (Å²) in [6.45, 7) is 5.47. The van der Waals surface area contributed by atoms with Gasteiger partial charge in [0.1, 0.15) is 5.75 Å². The monoisotopic (exact) mass is 324 g/mol. The number of fused-ring (bicyclic) bond motifs is 1. The Morgan fingerprint density at radius 1 is 1.21 bits per heavy atom.